The Hall–Kier alpha value is -1.39. The van der Waals surface area contributed by atoms with E-state index in [0.717, 1.165) is 30.8 Å². The summed E-state index contributed by atoms with van der Waals surface area (Å²) in [6.45, 7) is 0. The smallest absolute Gasteiger partial charge is 0.158 e. The first-order chi connectivity index (χ1) is 8.75. The quantitative estimate of drug-likeness (QED) is 0.906. The molecule has 2 aromatic rings. The van der Waals surface area contributed by atoms with Crippen molar-refractivity contribution in [1.29, 1.82) is 0 Å². The van der Waals surface area contributed by atoms with Gasteiger partial charge in [-0.15, -0.1) is 0 Å². The van der Waals surface area contributed by atoms with Crippen LogP contribution in [-0.2, 0) is 0 Å². The highest BCUT2D eigenvalue weighted by atomic mass is 35.5. The Bertz CT molecular complexity index is 537. The average molecular weight is 264 g/mol. The molecule has 2 atom stereocenters. The third-order valence-electron chi connectivity index (χ3n) is 3.43. The van der Waals surface area contributed by atoms with Gasteiger partial charge in [-0.3, -0.25) is 4.98 Å². The Morgan fingerprint density at radius 1 is 1.28 bits per heavy atom. The Kier molecular flexibility index (Phi) is 3.06. The van der Waals surface area contributed by atoms with E-state index in [1.165, 1.54) is 0 Å². The number of aliphatic hydroxyl groups excluding tert-OH is 1. The highest BCUT2D eigenvalue weighted by Gasteiger charge is 2.28. The number of hydrogen-bond donors (Lipinski definition) is 1. The Balaban J connectivity index is 1.98. The van der Waals surface area contributed by atoms with Gasteiger partial charge in [0.2, 0.25) is 0 Å². The van der Waals surface area contributed by atoms with Gasteiger partial charge in [-0.1, -0.05) is 11.6 Å². The fourth-order valence-electron chi connectivity index (χ4n) is 2.53. The summed E-state index contributed by atoms with van der Waals surface area (Å²) in [5.74, 6) is 0.789. The maximum Gasteiger partial charge on any atom is 0.158 e. The lowest BCUT2D eigenvalue weighted by atomic mass is 10.2. The Labute approximate surface area is 110 Å². The molecule has 0 radical (unpaired) electrons. The number of rotatable bonds is 2. The van der Waals surface area contributed by atoms with Crippen LogP contribution in [0.25, 0.3) is 11.5 Å². The molecule has 0 saturated heterocycles. The van der Waals surface area contributed by atoms with Gasteiger partial charge in [0, 0.05) is 18.6 Å². The van der Waals surface area contributed by atoms with Crippen molar-refractivity contribution < 1.29 is 5.11 Å². The second-order valence-corrected chi connectivity index (χ2v) is 5.02. The molecule has 1 fully saturated rings. The summed E-state index contributed by atoms with van der Waals surface area (Å²) in [5, 5.41) is 10.6. The Morgan fingerprint density at radius 2 is 2.17 bits per heavy atom. The molecule has 0 aromatic carbocycles. The van der Waals surface area contributed by atoms with Crippen LogP contribution in [0.15, 0.2) is 30.7 Å². The normalized spacial score (nSPS) is 23.4. The van der Waals surface area contributed by atoms with Crippen LogP contribution < -0.4 is 0 Å². The first kappa shape index (κ1) is 11.7. The predicted octanol–water partition coefficient (Wildman–Crippen LogP) is 2.68. The zero-order valence-electron chi connectivity index (χ0n) is 9.83. The van der Waals surface area contributed by atoms with Crippen molar-refractivity contribution in [2.75, 3.05) is 0 Å². The van der Waals surface area contributed by atoms with Crippen molar-refractivity contribution in [1.82, 2.24) is 14.5 Å². The second-order valence-electron chi connectivity index (χ2n) is 4.59. The maximum atomic E-state index is 9.99. The molecule has 4 nitrogen and oxygen atoms in total. The molecule has 1 aliphatic carbocycles. The molecule has 2 heterocycles. The standard InChI is InChI=1S/C13H14ClN3O/c14-9-4-5-10(16-8-9)13-15-6-7-17(13)11-2-1-3-12(11)18/h4-8,11-12,18H,1-3H2/t11-,12-/m0/s1. The van der Waals surface area contributed by atoms with E-state index < -0.39 is 0 Å². The van der Waals surface area contributed by atoms with Crippen molar-refractivity contribution in [3.63, 3.8) is 0 Å². The van der Waals surface area contributed by atoms with Gasteiger partial charge in [-0.25, -0.2) is 4.98 Å². The minimum Gasteiger partial charge on any atom is -0.391 e. The summed E-state index contributed by atoms with van der Waals surface area (Å²) in [7, 11) is 0. The molecular formula is C13H14ClN3O. The Morgan fingerprint density at radius 3 is 2.83 bits per heavy atom. The van der Waals surface area contributed by atoms with Crippen LogP contribution in [-0.4, -0.2) is 25.7 Å². The van der Waals surface area contributed by atoms with Crippen molar-refractivity contribution in [3.8, 4) is 11.5 Å². The number of halogens is 1. The van der Waals surface area contributed by atoms with E-state index in [2.05, 4.69) is 9.97 Å². The van der Waals surface area contributed by atoms with Gasteiger partial charge >= 0.3 is 0 Å². The van der Waals surface area contributed by atoms with Crippen LogP contribution in [0.5, 0.6) is 0 Å². The van der Waals surface area contributed by atoms with Crippen LogP contribution in [0, 0.1) is 0 Å². The second kappa shape index (κ2) is 4.71. The topological polar surface area (TPSA) is 50.9 Å². The molecular weight excluding hydrogens is 250 g/mol. The van der Waals surface area contributed by atoms with Crippen molar-refractivity contribution in [3.05, 3.63) is 35.7 Å². The first-order valence-corrected chi connectivity index (χ1v) is 6.46. The lowest BCUT2D eigenvalue weighted by Crippen LogP contribution is -2.18. The van der Waals surface area contributed by atoms with Crippen LogP contribution in [0.4, 0.5) is 0 Å². The van der Waals surface area contributed by atoms with Gasteiger partial charge in [-0.05, 0) is 31.4 Å². The average Bonchev–Trinajstić information content (AvgIpc) is 2.98. The fourth-order valence-corrected chi connectivity index (χ4v) is 2.64. The van der Waals surface area contributed by atoms with Crippen LogP contribution in [0.1, 0.15) is 25.3 Å². The third-order valence-corrected chi connectivity index (χ3v) is 3.65. The van der Waals surface area contributed by atoms with Crippen LogP contribution in [0.2, 0.25) is 5.02 Å². The number of nitrogens with zero attached hydrogens (tertiary/aromatic N) is 3. The van der Waals surface area contributed by atoms with Crippen molar-refractivity contribution in [2.45, 2.75) is 31.4 Å². The lowest BCUT2D eigenvalue weighted by Gasteiger charge is -2.18. The maximum absolute atomic E-state index is 9.99. The highest BCUT2D eigenvalue weighted by molar-refractivity contribution is 6.30. The lowest BCUT2D eigenvalue weighted by molar-refractivity contribution is 0.137. The summed E-state index contributed by atoms with van der Waals surface area (Å²) in [6.07, 6.45) is 7.87. The van der Waals surface area contributed by atoms with Crippen molar-refractivity contribution in [2.24, 2.45) is 0 Å². The molecule has 1 aliphatic rings. The van der Waals surface area contributed by atoms with E-state index in [1.807, 2.05) is 16.8 Å². The van der Waals surface area contributed by atoms with Gasteiger partial charge in [-0.2, -0.15) is 0 Å². The predicted molar refractivity (Wildman–Crippen MR) is 69.4 cm³/mol. The van der Waals surface area contributed by atoms with E-state index in [4.69, 9.17) is 11.6 Å². The minimum absolute atomic E-state index is 0.111. The monoisotopic (exact) mass is 263 g/mol. The zero-order chi connectivity index (χ0) is 12.5. The van der Waals surface area contributed by atoms with Crippen LogP contribution >= 0.6 is 11.6 Å². The molecule has 2 aromatic heterocycles. The summed E-state index contributed by atoms with van der Waals surface area (Å²) in [4.78, 5) is 8.62. The van der Waals surface area contributed by atoms with Gasteiger partial charge in [0.05, 0.1) is 17.2 Å². The molecule has 0 aliphatic heterocycles. The summed E-state index contributed by atoms with van der Waals surface area (Å²) >= 11 is 5.83. The van der Waals surface area contributed by atoms with E-state index in [0.29, 0.717) is 5.02 Å². The molecule has 0 unspecified atom stereocenters. The van der Waals surface area contributed by atoms with Gasteiger partial charge in [0.15, 0.2) is 5.82 Å². The number of imidazole rings is 1. The third kappa shape index (κ3) is 2.02. The molecule has 0 amide bonds. The number of aromatic nitrogens is 3. The molecule has 3 rings (SSSR count). The van der Waals surface area contributed by atoms with Crippen LogP contribution in [0.3, 0.4) is 0 Å². The number of pyridine rings is 1. The molecule has 94 valence electrons. The van der Waals surface area contributed by atoms with E-state index in [-0.39, 0.29) is 12.1 Å². The van der Waals surface area contributed by atoms with Gasteiger partial charge < -0.3 is 9.67 Å². The number of aliphatic hydroxyl groups is 1. The van der Waals surface area contributed by atoms with Crippen molar-refractivity contribution >= 4 is 11.6 Å². The number of hydrogen-bond acceptors (Lipinski definition) is 3. The molecule has 1 N–H and O–H groups in total. The first-order valence-electron chi connectivity index (χ1n) is 6.08. The van der Waals surface area contributed by atoms with Gasteiger partial charge in [0.25, 0.3) is 0 Å². The summed E-state index contributed by atoms with van der Waals surface area (Å²) in [6, 6.07) is 3.76. The molecule has 1 saturated carbocycles. The SMILES string of the molecule is O[C@H]1CCC[C@@H]1n1ccnc1-c1ccc(Cl)cn1. The van der Waals surface area contributed by atoms with E-state index in [9.17, 15) is 5.11 Å². The highest BCUT2D eigenvalue weighted by Crippen LogP contribution is 2.33. The molecule has 0 bridgehead atoms. The molecule has 0 spiro atoms. The zero-order valence-corrected chi connectivity index (χ0v) is 10.6. The summed E-state index contributed by atoms with van der Waals surface area (Å²) < 4.78 is 2.02. The molecule has 18 heavy (non-hydrogen) atoms. The van der Waals surface area contributed by atoms with E-state index in [1.54, 1.807) is 18.5 Å². The fraction of sp³-hybridized carbons (Fsp3) is 0.385. The van der Waals surface area contributed by atoms with E-state index >= 15 is 0 Å². The van der Waals surface area contributed by atoms with Gasteiger partial charge in [0.1, 0.15) is 5.69 Å². The summed E-state index contributed by atoms with van der Waals surface area (Å²) in [5.41, 5.74) is 0.781. The minimum atomic E-state index is -0.287. The molecule has 5 heteroatoms. The largest absolute Gasteiger partial charge is 0.391 e.